The van der Waals surface area contributed by atoms with E-state index in [0.29, 0.717) is 15.7 Å². The largest absolute Gasteiger partial charge is 0.320 e. The molecule has 0 aliphatic rings. The predicted molar refractivity (Wildman–Crippen MR) is 90.6 cm³/mol. The van der Waals surface area contributed by atoms with E-state index < -0.39 is 0 Å². The van der Waals surface area contributed by atoms with Crippen molar-refractivity contribution in [3.63, 3.8) is 0 Å². The van der Waals surface area contributed by atoms with Crippen molar-refractivity contribution in [2.75, 3.05) is 5.32 Å². The second kappa shape index (κ2) is 7.12. The lowest BCUT2D eigenvalue weighted by Gasteiger charge is -2.11. The van der Waals surface area contributed by atoms with Gasteiger partial charge in [-0.05, 0) is 30.7 Å². The number of anilines is 1. The summed E-state index contributed by atoms with van der Waals surface area (Å²) in [6, 6.07) is 8.76. The van der Waals surface area contributed by atoms with Gasteiger partial charge in [0.2, 0.25) is 6.04 Å². The van der Waals surface area contributed by atoms with Gasteiger partial charge < -0.3 is 5.32 Å². The molecule has 0 aliphatic heterocycles. The Morgan fingerprint density at radius 2 is 1.86 bits per heavy atom. The van der Waals surface area contributed by atoms with Crippen molar-refractivity contribution < 1.29 is 9.36 Å². The lowest BCUT2D eigenvalue weighted by molar-refractivity contribution is -0.711. The molecule has 0 spiro atoms. The van der Waals surface area contributed by atoms with Gasteiger partial charge in [-0.15, -0.1) is 0 Å². The van der Waals surface area contributed by atoms with Gasteiger partial charge in [-0.3, -0.25) is 4.79 Å². The molecule has 0 saturated carbocycles. The van der Waals surface area contributed by atoms with Crippen LogP contribution in [0.5, 0.6) is 0 Å². The summed E-state index contributed by atoms with van der Waals surface area (Å²) in [6.45, 7) is 5.95. The molecule has 22 heavy (non-hydrogen) atoms. The van der Waals surface area contributed by atoms with Crippen molar-refractivity contribution in [1.29, 1.82) is 0 Å². The molecule has 1 N–H and O–H groups in total. The Balaban J connectivity index is 2.22. The van der Waals surface area contributed by atoms with Crippen LogP contribution in [0.25, 0.3) is 0 Å². The quantitative estimate of drug-likeness (QED) is 0.826. The molecule has 2 aromatic rings. The van der Waals surface area contributed by atoms with Gasteiger partial charge in [0.25, 0.3) is 5.91 Å². The van der Waals surface area contributed by atoms with E-state index in [-0.39, 0.29) is 11.9 Å². The van der Waals surface area contributed by atoms with Crippen LogP contribution in [0.2, 0.25) is 10.0 Å². The number of benzene rings is 1. The highest BCUT2D eigenvalue weighted by atomic mass is 35.5. The number of pyridine rings is 1. The molecule has 1 amide bonds. The molecule has 5 heteroatoms. The first kappa shape index (κ1) is 16.8. The fourth-order valence-electron chi connectivity index (χ4n) is 2.26. The van der Waals surface area contributed by atoms with Crippen molar-refractivity contribution in [3.05, 3.63) is 57.8 Å². The predicted octanol–water partition coefficient (Wildman–Crippen LogP) is 4.35. The van der Waals surface area contributed by atoms with E-state index in [9.17, 15) is 4.79 Å². The highest BCUT2D eigenvalue weighted by Crippen LogP contribution is 2.22. The van der Waals surface area contributed by atoms with Crippen LogP contribution in [0.3, 0.4) is 0 Å². The zero-order valence-electron chi connectivity index (χ0n) is 12.9. The van der Waals surface area contributed by atoms with E-state index in [1.165, 1.54) is 5.56 Å². The van der Waals surface area contributed by atoms with Crippen molar-refractivity contribution in [3.8, 4) is 0 Å². The van der Waals surface area contributed by atoms with Gasteiger partial charge in [0.1, 0.15) is 0 Å². The Morgan fingerprint density at radius 1 is 1.23 bits per heavy atom. The summed E-state index contributed by atoms with van der Waals surface area (Å²) < 4.78 is 1.97. The van der Waals surface area contributed by atoms with Gasteiger partial charge in [0, 0.05) is 41.2 Å². The molecule has 1 heterocycles. The maximum atomic E-state index is 12.5. The Hall–Kier alpha value is -1.58. The smallest absolute Gasteiger partial charge is 0.293 e. The minimum atomic E-state index is -0.329. The molecule has 2 rings (SSSR count). The van der Waals surface area contributed by atoms with Crippen molar-refractivity contribution in [2.24, 2.45) is 0 Å². The van der Waals surface area contributed by atoms with Crippen LogP contribution in [-0.2, 0) is 11.2 Å². The number of carbonyl (C=O) groups is 1. The fraction of sp³-hybridized carbons (Fsp3) is 0.294. The molecular formula is C17H19Cl2N2O+. The Bertz CT molecular complexity index is 681. The first-order chi connectivity index (χ1) is 10.4. The molecule has 0 radical (unpaired) electrons. The lowest BCUT2D eigenvalue weighted by Crippen LogP contribution is -2.47. The van der Waals surface area contributed by atoms with Gasteiger partial charge in [-0.25, -0.2) is 0 Å². The standard InChI is InChI=1S/C17H18Cl2N2O/c1-4-13-6-5-11(2)21(10-13)12(3)17(22)20-16-8-14(18)7-15(19)9-16/h5-10,12H,4H2,1-3H3/p+1/t12-/m1/s1. The summed E-state index contributed by atoms with van der Waals surface area (Å²) in [4.78, 5) is 12.5. The summed E-state index contributed by atoms with van der Waals surface area (Å²) in [7, 11) is 0. The number of hydrogen-bond donors (Lipinski definition) is 1. The molecule has 1 aromatic carbocycles. The lowest BCUT2D eigenvalue weighted by atomic mass is 10.2. The average Bonchev–Trinajstić information content (AvgIpc) is 2.46. The summed E-state index contributed by atoms with van der Waals surface area (Å²) in [5, 5.41) is 3.84. The second-order valence-corrected chi connectivity index (χ2v) is 6.14. The number of aryl methyl sites for hydroxylation is 2. The van der Waals surface area contributed by atoms with E-state index in [4.69, 9.17) is 23.2 Å². The third-order valence-electron chi connectivity index (χ3n) is 3.59. The molecule has 3 nitrogen and oxygen atoms in total. The normalized spacial score (nSPS) is 12.0. The van der Waals surface area contributed by atoms with Gasteiger partial charge in [0.15, 0.2) is 11.9 Å². The van der Waals surface area contributed by atoms with Crippen LogP contribution in [0, 0.1) is 6.92 Å². The van der Waals surface area contributed by atoms with Crippen LogP contribution in [0.15, 0.2) is 36.5 Å². The van der Waals surface area contributed by atoms with Crippen LogP contribution in [0.4, 0.5) is 5.69 Å². The third-order valence-corrected chi connectivity index (χ3v) is 4.02. The number of carbonyl (C=O) groups excluding carboxylic acids is 1. The maximum Gasteiger partial charge on any atom is 0.293 e. The van der Waals surface area contributed by atoms with Gasteiger partial charge >= 0.3 is 0 Å². The average molecular weight is 338 g/mol. The zero-order valence-corrected chi connectivity index (χ0v) is 14.4. The minimum Gasteiger partial charge on any atom is -0.320 e. The van der Waals surface area contributed by atoms with Crippen LogP contribution < -0.4 is 9.88 Å². The fourth-order valence-corrected chi connectivity index (χ4v) is 2.79. The van der Waals surface area contributed by atoms with E-state index in [0.717, 1.165) is 12.1 Å². The molecule has 1 aromatic heterocycles. The van der Waals surface area contributed by atoms with Crippen molar-refractivity contribution in [1.82, 2.24) is 0 Å². The number of amides is 1. The van der Waals surface area contributed by atoms with E-state index in [1.54, 1.807) is 18.2 Å². The number of hydrogen-bond acceptors (Lipinski definition) is 1. The molecule has 116 valence electrons. The minimum absolute atomic E-state index is 0.111. The van der Waals surface area contributed by atoms with E-state index in [2.05, 4.69) is 18.3 Å². The third kappa shape index (κ3) is 3.99. The van der Waals surface area contributed by atoms with Crippen molar-refractivity contribution >= 4 is 34.8 Å². The number of aromatic nitrogens is 1. The second-order valence-electron chi connectivity index (χ2n) is 5.26. The van der Waals surface area contributed by atoms with Crippen molar-refractivity contribution in [2.45, 2.75) is 33.2 Å². The highest BCUT2D eigenvalue weighted by Gasteiger charge is 2.24. The number of nitrogens with one attached hydrogen (secondary N) is 1. The first-order valence-electron chi connectivity index (χ1n) is 7.18. The molecule has 0 saturated heterocycles. The summed E-state index contributed by atoms with van der Waals surface area (Å²) in [6.07, 6.45) is 2.95. The van der Waals surface area contributed by atoms with Crippen LogP contribution in [0.1, 0.15) is 31.1 Å². The van der Waals surface area contributed by atoms with Crippen LogP contribution >= 0.6 is 23.2 Å². The maximum absolute atomic E-state index is 12.5. The van der Waals surface area contributed by atoms with E-state index in [1.807, 2.05) is 30.7 Å². The SMILES string of the molecule is CCc1ccc(C)[n+]([C@H](C)C(=O)Nc2cc(Cl)cc(Cl)c2)c1. The van der Waals surface area contributed by atoms with Gasteiger partial charge in [-0.2, -0.15) is 4.57 Å². The number of rotatable bonds is 4. The molecule has 0 fully saturated rings. The topological polar surface area (TPSA) is 33.0 Å². The molecule has 0 aliphatic carbocycles. The van der Waals surface area contributed by atoms with Crippen LogP contribution in [-0.4, -0.2) is 5.91 Å². The molecular weight excluding hydrogens is 319 g/mol. The van der Waals surface area contributed by atoms with Gasteiger partial charge in [0.05, 0.1) is 0 Å². The molecule has 0 bridgehead atoms. The monoisotopic (exact) mass is 337 g/mol. The molecule has 0 unspecified atom stereocenters. The Labute approximate surface area is 140 Å². The summed E-state index contributed by atoms with van der Waals surface area (Å²) >= 11 is 11.9. The first-order valence-corrected chi connectivity index (χ1v) is 7.94. The number of halogens is 2. The van der Waals surface area contributed by atoms with E-state index >= 15 is 0 Å². The Kier molecular flexibility index (Phi) is 5.43. The zero-order chi connectivity index (χ0) is 16.3. The highest BCUT2D eigenvalue weighted by molar-refractivity contribution is 6.35. The summed E-state index contributed by atoms with van der Waals surface area (Å²) in [5.41, 5.74) is 2.82. The summed E-state index contributed by atoms with van der Waals surface area (Å²) in [5.74, 6) is -0.111. The Morgan fingerprint density at radius 3 is 2.45 bits per heavy atom. The molecule has 1 atom stereocenters. The number of nitrogens with zero attached hydrogens (tertiary/aromatic N) is 1. The van der Waals surface area contributed by atoms with Gasteiger partial charge in [-0.1, -0.05) is 30.1 Å².